The van der Waals surface area contributed by atoms with Crippen molar-refractivity contribution in [1.82, 2.24) is 20.6 Å². The Kier molecular flexibility index (Phi) is 6.42. The van der Waals surface area contributed by atoms with Gasteiger partial charge in [0.2, 0.25) is 0 Å². The van der Waals surface area contributed by atoms with Gasteiger partial charge >= 0.3 is 6.03 Å². The average Bonchev–Trinajstić information content (AvgIpc) is 3.22. The smallest absolute Gasteiger partial charge is 0.315 e. The van der Waals surface area contributed by atoms with Crippen LogP contribution in [0.3, 0.4) is 0 Å². The summed E-state index contributed by atoms with van der Waals surface area (Å²) >= 11 is 0. The standard InChI is InChI=1S/C24H30N4O3/c1-15(16-7-13-19(31-2)14-8-16)22(23-26-20-5-3-4-6-21(20)27-23)28-24(30)25-17-9-11-18(29)12-10-17/h3-8,13-15,17-18,22,29H,9-12H2,1-2H3,(H,26,27)(H2,25,28,30)/t15-,17-,18-,22-/m1/s1. The normalized spacial score (nSPS) is 20.7. The van der Waals surface area contributed by atoms with Gasteiger partial charge in [-0.15, -0.1) is 0 Å². The first-order valence-electron chi connectivity index (χ1n) is 10.9. The van der Waals surface area contributed by atoms with Gasteiger partial charge in [-0.3, -0.25) is 0 Å². The van der Waals surface area contributed by atoms with Gasteiger partial charge < -0.3 is 25.5 Å². The fourth-order valence-corrected chi connectivity index (χ4v) is 4.24. The number of aliphatic hydroxyl groups is 1. The second-order valence-electron chi connectivity index (χ2n) is 8.30. The highest BCUT2D eigenvalue weighted by molar-refractivity contribution is 5.77. The van der Waals surface area contributed by atoms with Crippen molar-refractivity contribution in [3.63, 3.8) is 0 Å². The van der Waals surface area contributed by atoms with Gasteiger partial charge in [-0.1, -0.05) is 31.2 Å². The zero-order valence-electron chi connectivity index (χ0n) is 18.0. The number of nitrogens with one attached hydrogen (secondary N) is 3. The Morgan fingerprint density at radius 2 is 1.84 bits per heavy atom. The number of H-pyrrole nitrogens is 1. The van der Waals surface area contributed by atoms with Gasteiger partial charge in [0.05, 0.1) is 30.3 Å². The molecule has 0 bridgehead atoms. The second kappa shape index (κ2) is 9.39. The van der Waals surface area contributed by atoms with Crippen LogP contribution in [-0.2, 0) is 0 Å². The van der Waals surface area contributed by atoms with E-state index in [4.69, 9.17) is 9.72 Å². The van der Waals surface area contributed by atoms with Crippen molar-refractivity contribution >= 4 is 17.1 Å². The maximum Gasteiger partial charge on any atom is 0.315 e. The van der Waals surface area contributed by atoms with Crippen molar-refractivity contribution in [2.45, 2.75) is 56.7 Å². The zero-order chi connectivity index (χ0) is 21.8. The number of fused-ring (bicyclic) bond motifs is 1. The van der Waals surface area contributed by atoms with Crippen LogP contribution in [0.15, 0.2) is 48.5 Å². The molecular weight excluding hydrogens is 392 g/mol. The van der Waals surface area contributed by atoms with Crippen molar-refractivity contribution < 1.29 is 14.6 Å². The molecule has 31 heavy (non-hydrogen) atoms. The Bertz CT molecular complexity index is 976. The third-order valence-corrected chi connectivity index (χ3v) is 6.16. The first-order chi connectivity index (χ1) is 15.0. The van der Waals surface area contributed by atoms with Gasteiger partial charge in [-0.05, 0) is 55.5 Å². The lowest BCUT2D eigenvalue weighted by Crippen LogP contribution is -2.46. The molecule has 164 valence electrons. The Balaban J connectivity index is 1.56. The molecule has 1 aromatic heterocycles. The molecule has 1 aliphatic rings. The highest BCUT2D eigenvalue weighted by Gasteiger charge is 2.28. The van der Waals surface area contributed by atoms with Gasteiger partial charge in [-0.2, -0.15) is 0 Å². The lowest BCUT2D eigenvalue weighted by molar-refractivity contribution is 0.117. The molecule has 0 spiro atoms. The molecule has 2 aromatic carbocycles. The topological polar surface area (TPSA) is 99.3 Å². The van der Waals surface area contributed by atoms with Crippen molar-refractivity contribution in [3.05, 3.63) is 59.9 Å². The van der Waals surface area contributed by atoms with Crippen molar-refractivity contribution in [1.29, 1.82) is 0 Å². The molecule has 0 saturated heterocycles. The number of imidazole rings is 1. The Morgan fingerprint density at radius 1 is 1.13 bits per heavy atom. The average molecular weight is 423 g/mol. The van der Waals surface area contributed by atoms with Crippen LogP contribution in [0.25, 0.3) is 11.0 Å². The summed E-state index contributed by atoms with van der Waals surface area (Å²) in [6, 6.07) is 15.3. The first-order valence-corrected chi connectivity index (χ1v) is 10.9. The quantitative estimate of drug-likeness (QED) is 0.482. The molecule has 1 fully saturated rings. The number of benzene rings is 2. The number of carbonyl (C=O) groups is 1. The summed E-state index contributed by atoms with van der Waals surface area (Å²) in [7, 11) is 1.64. The monoisotopic (exact) mass is 422 g/mol. The number of ether oxygens (including phenoxy) is 1. The number of carbonyl (C=O) groups excluding carboxylic acids is 1. The Morgan fingerprint density at radius 3 is 2.52 bits per heavy atom. The summed E-state index contributed by atoms with van der Waals surface area (Å²) < 4.78 is 5.27. The van der Waals surface area contributed by atoms with Crippen LogP contribution in [0.1, 0.15) is 56.0 Å². The molecule has 1 heterocycles. The van der Waals surface area contributed by atoms with E-state index in [1.54, 1.807) is 7.11 Å². The predicted molar refractivity (Wildman–Crippen MR) is 120 cm³/mol. The molecule has 4 N–H and O–H groups in total. The summed E-state index contributed by atoms with van der Waals surface area (Å²) in [4.78, 5) is 21.0. The van der Waals surface area contributed by atoms with Crippen LogP contribution in [0, 0.1) is 0 Å². The van der Waals surface area contributed by atoms with E-state index in [0.29, 0.717) is 0 Å². The number of aliphatic hydroxyl groups excluding tert-OH is 1. The second-order valence-corrected chi connectivity index (χ2v) is 8.30. The summed E-state index contributed by atoms with van der Waals surface area (Å²) in [5.74, 6) is 1.49. The number of urea groups is 1. The molecule has 2 atom stereocenters. The van der Waals surface area contributed by atoms with Crippen LogP contribution < -0.4 is 15.4 Å². The van der Waals surface area contributed by atoms with Crippen molar-refractivity contribution in [2.75, 3.05) is 7.11 Å². The number of aromatic nitrogens is 2. The molecule has 0 aliphatic heterocycles. The Labute approximate surface area is 182 Å². The number of aromatic amines is 1. The van der Waals surface area contributed by atoms with Gasteiger partial charge in [0.25, 0.3) is 0 Å². The van der Waals surface area contributed by atoms with E-state index in [2.05, 4.69) is 22.5 Å². The summed E-state index contributed by atoms with van der Waals surface area (Å²) in [5, 5.41) is 15.9. The molecule has 1 saturated carbocycles. The highest BCUT2D eigenvalue weighted by atomic mass is 16.5. The number of methoxy groups -OCH3 is 1. The summed E-state index contributed by atoms with van der Waals surface area (Å²) in [5.41, 5.74) is 2.88. The van der Waals surface area contributed by atoms with Crippen LogP contribution >= 0.6 is 0 Å². The third-order valence-electron chi connectivity index (χ3n) is 6.16. The van der Waals surface area contributed by atoms with Crippen LogP contribution in [0.2, 0.25) is 0 Å². The molecule has 4 rings (SSSR count). The van der Waals surface area contributed by atoms with E-state index >= 15 is 0 Å². The van der Waals surface area contributed by atoms with E-state index in [9.17, 15) is 9.90 Å². The third kappa shape index (κ3) is 4.99. The first kappa shape index (κ1) is 21.2. The maximum absolute atomic E-state index is 12.9. The van der Waals surface area contributed by atoms with Crippen molar-refractivity contribution in [2.24, 2.45) is 0 Å². The highest BCUT2D eigenvalue weighted by Crippen LogP contribution is 2.31. The van der Waals surface area contributed by atoms with Crippen LogP contribution in [0.5, 0.6) is 5.75 Å². The lowest BCUT2D eigenvalue weighted by atomic mass is 9.92. The van der Waals surface area contributed by atoms with E-state index in [-0.39, 0.29) is 30.1 Å². The number of amides is 2. The van der Waals surface area contributed by atoms with E-state index < -0.39 is 0 Å². The van der Waals surface area contributed by atoms with E-state index in [1.165, 1.54) is 0 Å². The molecule has 3 aromatic rings. The van der Waals surface area contributed by atoms with E-state index in [0.717, 1.165) is 53.9 Å². The molecule has 7 heteroatoms. The van der Waals surface area contributed by atoms with Gasteiger partial charge in [-0.25, -0.2) is 9.78 Å². The minimum Gasteiger partial charge on any atom is -0.497 e. The molecule has 7 nitrogen and oxygen atoms in total. The molecule has 1 aliphatic carbocycles. The van der Waals surface area contributed by atoms with E-state index in [1.807, 2.05) is 48.5 Å². The van der Waals surface area contributed by atoms with Crippen LogP contribution in [-0.4, -0.2) is 40.4 Å². The number of hydrogen-bond acceptors (Lipinski definition) is 4. The SMILES string of the molecule is COc1ccc([C@@H](C)[C@@H](NC(=O)N[C@H]2CC[C@H](O)CC2)c2nc3ccccc3[nH]2)cc1. The van der Waals surface area contributed by atoms with Gasteiger partial charge in [0.15, 0.2) is 0 Å². The molecular formula is C24H30N4O3. The lowest BCUT2D eigenvalue weighted by Gasteiger charge is -2.29. The summed E-state index contributed by atoms with van der Waals surface area (Å²) in [6.45, 7) is 2.08. The molecule has 0 radical (unpaired) electrons. The largest absolute Gasteiger partial charge is 0.497 e. The summed E-state index contributed by atoms with van der Waals surface area (Å²) in [6.07, 6.45) is 2.77. The fraction of sp³-hybridized carbons (Fsp3) is 0.417. The van der Waals surface area contributed by atoms with Gasteiger partial charge in [0, 0.05) is 12.0 Å². The number of hydrogen-bond donors (Lipinski definition) is 4. The molecule has 0 unspecified atom stereocenters. The zero-order valence-corrected chi connectivity index (χ0v) is 18.0. The van der Waals surface area contributed by atoms with Crippen molar-refractivity contribution in [3.8, 4) is 5.75 Å². The maximum atomic E-state index is 12.9. The number of para-hydroxylation sites is 2. The number of rotatable bonds is 6. The fourth-order valence-electron chi connectivity index (χ4n) is 4.24. The van der Waals surface area contributed by atoms with Gasteiger partial charge in [0.1, 0.15) is 11.6 Å². The minimum absolute atomic E-state index is 0.0228. The molecule has 2 amide bonds. The predicted octanol–water partition coefficient (Wildman–Crippen LogP) is 4.02. The Hall–Kier alpha value is -3.06. The minimum atomic E-state index is -0.338. The number of nitrogens with zero attached hydrogens (tertiary/aromatic N) is 1. The van der Waals surface area contributed by atoms with Crippen LogP contribution in [0.4, 0.5) is 4.79 Å².